The highest BCUT2D eigenvalue weighted by Gasteiger charge is 2.16. The fourth-order valence-electron chi connectivity index (χ4n) is 3.26. The number of hydrogen-bond donors (Lipinski definition) is 2. The van der Waals surface area contributed by atoms with Gasteiger partial charge in [-0.25, -0.2) is 8.42 Å². The maximum Gasteiger partial charge on any atom is 0.187 e. The maximum atomic E-state index is 12.0. The van der Waals surface area contributed by atoms with E-state index in [9.17, 15) is 13.5 Å². The molecule has 0 amide bonds. The van der Waals surface area contributed by atoms with E-state index in [1.165, 1.54) is 30.6 Å². The van der Waals surface area contributed by atoms with Crippen molar-refractivity contribution in [3.63, 3.8) is 0 Å². The summed E-state index contributed by atoms with van der Waals surface area (Å²) in [4.78, 5) is 0.875. The Hall–Kier alpha value is -1.37. The van der Waals surface area contributed by atoms with Crippen molar-refractivity contribution in [1.29, 1.82) is 0 Å². The van der Waals surface area contributed by atoms with Crippen molar-refractivity contribution in [2.75, 3.05) is 12.3 Å². The van der Waals surface area contributed by atoms with E-state index in [4.69, 9.17) is 0 Å². The first kappa shape index (κ1) is 18.4. The Kier molecular flexibility index (Phi) is 5.81. The summed E-state index contributed by atoms with van der Waals surface area (Å²) in [6, 6.07) is 9.63. The molecule has 1 aromatic heterocycles. The molecule has 1 aliphatic heterocycles. The van der Waals surface area contributed by atoms with Gasteiger partial charge in [-0.05, 0) is 67.6 Å². The third-order valence-corrected chi connectivity index (χ3v) is 8.17. The van der Waals surface area contributed by atoms with Gasteiger partial charge in [0.05, 0.1) is 5.75 Å². The predicted octanol–water partition coefficient (Wildman–Crippen LogP) is 3.99. The zero-order valence-corrected chi connectivity index (χ0v) is 16.1. The maximum absolute atomic E-state index is 12.0. The number of hydrogen-bond acceptors (Lipinski definition) is 5. The molecule has 6 heteroatoms. The van der Waals surface area contributed by atoms with Crippen LogP contribution >= 0.6 is 11.3 Å². The molecule has 0 saturated carbocycles. The van der Waals surface area contributed by atoms with Crippen LogP contribution in [0.1, 0.15) is 38.2 Å². The highest BCUT2D eigenvalue weighted by Crippen LogP contribution is 2.34. The van der Waals surface area contributed by atoms with E-state index in [1.807, 2.05) is 12.1 Å². The lowest BCUT2D eigenvalue weighted by Gasteiger charge is -2.23. The van der Waals surface area contributed by atoms with E-state index in [-0.39, 0.29) is 11.5 Å². The monoisotopic (exact) mass is 379 g/mol. The second kappa shape index (κ2) is 7.89. The quantitative estimate of drug-likeness (QED) is 0.796. The molecule has 0 bridgehead atoms. The van der Waals surface area contributed by atoms with Crippen LogP contribution in [0.25, 0.3) is 10.4 Å². The van der Waals surface area contributed by atoms with E-state index in [0.717, 1.165) is 35.4 Å². The summed E-state index contributed by atoms with van der Waals surface area (Å²) in [6.07, 6.45) is 5.73. The Morgan fingerprint density at radius 3 is 2.80 bits per heavy atom. The van der Waals surface area contributed by atoms with Gasteiger partial charge in [0, 0.05) is 10.9 Å². The molecule has 2 aromatic rings. The lowest BCUT2D eigenvalue weighted by molar-refractivity contribution is 0.382. The Morgan fingerprint density at radius 2 is 2.08 bits per heavy atom. The molecule has 136 valence electrons. The zero-order valence-electron chi connectivity index (χ0n) is 14.5. The van der Waals surface area contributed by atoms with Crippen molar-refractivity contribution in [3.05, 3.63) is 35.9 Å². The van der Waals surface area contributed by atoms with Crippen molar-refractivity contribution in [2.24, 2.45) is 0 Å². The van der Waals surface area contributed by atoms with Crippen LogP contribution in [0.4, 0.5) is 0 Å². The van der Waals surface area contributed by atoms with E-state index >= 15 is 0 Å². The summed E-state index contributed by atoms with van der Waals surface area (Å²) < 4.78 is 24.4. The average molecular weight is 380 g/mol. The fourth-order valence-corrected chi connectivity index (χ4v) is 5.67. The number of piperidine rings is 1. The third-order valence-electron chi connectivity index (χ3n) is 4.72. The van der Waals surface area contributed by atoms with Crippen molar-refractivity contribution < 1.29 is 13.5 Å². The standard InChI is InChI=1S/C19H25NO3S2/c1-2-25(22,23)19-9-8-18(24-19)15-11-14(12-17(21)13-15)6-7-16-5-3-4-10-20-16/h8-9,11-13,16,20-21H,2-7,10H2,1H3. The summed E-state index contributed by atoms with van der Waals surface area (Å²) in [5, 5.41) is 13.6. The number of aryl methyl sites for hydroxylation is 1. The first-order valence-electron chi connectivity index (χ1n) is 8.87. The van der Waals surface area contributed by atoms with E-state index in [0.29, 0.717) is 10.3 Å². The number of sulfone groups is 1. The van der Waals surface area contributed by atoms with Crippen LogP contribution in [0.3, 0.4) is 0 Å². The fraction of sp³-hybridized carbons (Fsp3) is 0.474. The van der Waals surface area contributed by atoms with Gasteiger partial charge in [-0.15, -0.1) is 11.3 Å². The van der Waals surface area contributed by atoms with Crippen LogP contribution in [0.5, 0.6) is 5.75 Å². The molecular weight excluding hydrogens is 354 g/mol. The van der Waals surface area contributed by atoms with Gasteiger partial charge in [-0.2, -0.15) is 0 Å². The molecule has 1 fully saturated rings. The van der Waals surface area contributed by atoms with Gasteiger partial charge in [0.2, 0.25) is 0 Å². The molecule has 1 aromatic carbocycles. The molecule has 1 saturated heterocycles. The summed E-state index contributed by atoms with van der Waals surface area (Å²) in [5.41, 5.74) is 1.98. The SMILES string of the molecule is CCS(=O)(=O)c1ccc(-c2cc(O)cc(CCC3CCCCN3)c2)s1. The number of phenolic OH excluding ortho intramolecular Hbond substituents is 1. The number of nitrogens with one attached hydrogen (secondary N) is 1. The smallest absolute Gasteiger partial charge is 0.187 e. The van der Waals surface area contributed by atoms with E-state index in [2.05, 4.69) is 11.4 Å². The van der Waals surface area contributed by atoms with E-state index in [1.54, 1.807) is 19.1 Å². The molecule has 3 rings (SSSR count). The van der Waals surface area contributed by atoms with Gasteiger partial charge in [-0.1, -0.05) is 19.4 Å². The largest absolute Gasteiger partial charge is 0.508 e. The van der Waals surface area contributed by atoms with Crippen molar-refractivity contribution >= 4 is 21.2 Å². The van der Waals surface area contributed by atoms with Gasteiger partial charge in [0.1, 0.15) is 9.96 Å². The zero-order chi connectivity index (χ0) is 17.9. The minimum atomic E-state index is -3.18. The normalized spacial score (nSPS) is 18.4. The predicted molar refractivity (Wildman–Crippen MR) is 103 cm³/mol. The number of aromatic hydroxyl groups is 1. The number of phenols is 1. The van der Waals surface area contributed by atoms with Crippen molar-refractivity contribution in [3.8, 4) is 16.2 Å². The highest BCUT2D eigenvalue weighted by atomic mass is 32.2. The van der Waals surface area contributed by atoms with E-state index < -0.39 is 9.84 Å². The Bertz CT molecular complexity index is 821. The summed E-state index contributed by atoms with van der Waals surface area (Å²) in [5.74, 6) is 0.338. The molecule has 2 heterocycles. The molecule has 2 N–H and O–H groups in total. The lowest BCUT2D eigenvalue weighted by Crippen LogP contribution is -2.34. The molecular formula is C19H25NO3S2. The molecule has 0 radical (unpaired) electrons. The summed E-state index contributed by atoms with van der Waals surface area (Å²) in [7, 11) is -3.18. The second-order valence-electron chi connectivity index (χ2n) is 6.60. The molecule has 0 spiro atoms. The first-order chi connectivity index (χ1) is 12.0. The Labute approximate surface area is 153 Å². The molecule has 1 aliphatic rings. The summed E-state index contributed by atoms with van der Waals surface area (Å²) >= 11 is 1.27. The third kappa shape index (κ3) is 4.63. The minimum absolute atomic E-state index is 0.104. The summed E-state index contributed by atoms with van der Waals surface area (Å²) in [6.45, 7) is 2.75. The topological polar surface area (TPSA) is 66.4 Å². The van der Waals surface area contributed by atoms with Crippen LogP contribution in [0, 0.1) is 0 Å². The van der Waals surface area contributed by atoms with Crippen LogP contribution < -0.4 is 5.32 Å². The van der Waals surface area contributed by atoms with Crippen LogP contribution in [0.2, 0.25) is 0 Å². The number of rotatable bonds is 6. The Balaban J connectivity index is 1.77. The van der Waals surface area contributed by atoms with Crippen LogP contribution in [0.15, 0.2) is 34.5 Å². The minimum Gasteiger partial charge on any atom is -0.508 e. The molecule has 0 aliphatic carbocycles. The van der Waals surface area contributed by atoms with Gasteiger partial charge < -0.3 is 10.4 Å². The van der Waals surface area contributed by atoms with Gasteiger partial charge in [0.25, 0.3) is 0 Å². The van der Waals surface area contributed by atoms with Crippen LogP contribution in [-0.2, 0) is 16.3 Å². The highest BCUT2D eigenvalue weighted by molar-refractivity contribution is 7.93. The first-order valence-corrected chi connectivity index (χ1v) is 11.3. The van der Waals surface area contributed by atoms with Gasteiger partial charge >= 0.3 is 0 Å². The van der Waals surface area contributed by atoms with Crippen LogP contribution in [-0.4, -0.2) is 31.9 Å². The molecule has 1 unspecified atom stereocenters. The number of benzene rings is 1. The average Bonchev–Trinajstić information content (AvgIpc) is 3.11. The van der Waals surface area contributed by atoms with Crippen molar-refractivity contribution in [1.82, 2.24) is 5.32 Å². The van der Waals surface area contributed by atoms with Gasteiger partial charge in [-0.3, -0.25) is 0 Å². The molecule has 1 atom stereocenters. The lowest BCUT2D eigenvalue weighted by atomic mass is 9.97. The molecule has 4 nitrogen and oxygen atoms in total. The van der Waals surface area contributed by atoms with Crippen molar-refractivity contribution in [2.45, 2.75) is 49.3 Å². The molecule has 25 heavy (non-hydrogen) atoms. The Morgan fingerprint density at radius 1 is 1.24 bits per heavy atom. The van der Waals surface area contributed by atoms with Gasteiger partial charge in [0.15, 0.2) is 9.84 Å². The second-order valence-corrected chi connectivity index (χ2v) is 10.2. The number of thiophene rings is 1.